The maximum absolute atomic E-state index is 11.6. The number of nitrogens with two attached hydrogens (primary N) is 1. The molecule has 140 valence electrons. The topological polar surface area (TPSA) is 92.9 Å². The van der Waals surface area contributed by atoms with Crippen molar-refractivity contribution in [3.63, 3.8) is 0 Å². The molecular weight excluding hydrogens is 332 g/mol. The number of carbonyl (C=O) groups is 2. The van der Waals surface area contributed by atoms with Gasteiger partial charge < -0.3 is 20.5 Å². The number of carboxylic acids is 1. The van der Waals surface area contributed by atoms with Crippen LogP contribution in [0.5, 0.6) is 5.75 Å². The van der Waals surface area contributed by atoms with Gasteiger partial charge in [-0.25, -0.2) is 0 Å². The van der Waals surface area contributed by atoms with E-state index in [1.165, 1.54) is 10.5 Å². The van der Waals surface area contributed by atoms with Crippen molar-refractivity contribution in [1.82, 2.24) is 4.90 Å². The normalized spacial score (nSPS) is 10.9. The second-order valence-electron chi connectivity index (χ2n) is 5.80. The van der Waals surface area contributed by atoms with Gasteiger partial charge >= 0.3 is 5.97 Å². The Morgan fingerprint density at radius 3 is 2.27 bits per heavy atom. The number of likely N-dealkylation sites (N-methyl/N-ethyl adjacent to an activating group) is 1. The van der Waals surface area contributed by atoms with Crippen LogP contribution >= 0.6 is 0 Å². The van der Waals surface area contributed by atoms with Crippen molar-refractivity contribution in [1.29, 1.82) is 0 Å². The molecule has 0 spiro atoms. The fourth-order valence-electron chi connectivity index (χ4n) is 2.29. The van der Waals surface area contributed by atoms with E-state index in [4.69, 9.17) is 15.6 Å². The molecule has 2 aromatic carbocycles. The van der Waals surface area contributed by atoms with Gasteiger partial charge in [-0.15, -0.1) is 0 Å². The second-order valence-corrected chi connectivity index (χ2v) is 5.80. The first-order chi connectivity index (χ1) is 12.4. The molecule has 0 heterocycles. The quantitative estimate of drug-likeness (QED) is 0.772. The monoisotopic (exact) mass is 358 g/mol. The third kappa shape index (κ3) is 6.57. The zero-order chi connectivity index (χ0) is 19.5. The van der Waals surface area contributed by atoms with Crippen molar-refractivity contribution in [2.75, 3.05) is 27.7 Å². The SMILES string of the molecule is CN(C)C(=O)C(C(=O)O)c1ccccc1.COc1cccc(CCN)c1. The molecule has 0 saturated carbocycles. The number of carbonyl (C=O) groups excluding carboxylic acids is 1. The Hall–Kier alpha value is -2.86. The van der Waals surface area contributed by atoms with Gasteiger partial charge in [0.2, 0.25) is 5.91 Å². The zero-order valence-corrected chi connectivity index (χ0v) is 15.4. The average molecular weight is 358 g/mol. The van der Waals surface area contributed by atoms with Crippen LogP contribution in [0, 0.1) is 0 Å². The molecule has 6 nitrogen and oxygen atoms in total. The summed E-state index contributed by atoms with van der Waals surface area (Å²) < 4.78 is 5.06. The summed E-state index contributed by atoms with van der Waals surface area (Å²) in [5.74, 6) is -1.76. The van der Waals surface area contributed by atoms with Gasteiger partial charge in [0.1, 0.15) is 5.75 Å². The van der Waals surface area contributed by atoms with Crippen LogP contribution in [-0.4, -0.2) is 49.6 Å². The van der Waals surface area contributed by atoms with Gasteiger partial charge in [0.05, 0.1) is 7.11 Å². The Kier molecular flexibility index (Phi) is 8.87. The van der Waals surface area contributed by atoms with Crippen LogP contribution in [-0.2, 0) is 16.0 Å². The highest BCUT2D eigenvalue weighted by Gasteiger charge is 2.29. The molecule has 6 heteroatoms. The van der Waals surface area contributed by atoms with E-state index in [0.717, 1.165) is 12.2 Å². The summed E-state index contributed by atoms with van der Waals surface area (Å²) in [5.41, 5.74) is 7.14. The molecule has 3 N–H and O–H groups in total. The lowest BCUT2D eigenvalue weighted by atomic mass is 9.98. The van der Waals surface area contributed by atoms with Gasteiger partial charge in [0.25, 0.3) is 0 Å². The van der Waals surface area contributed by atoms with Gasteiger partial charge in [-0.05, 0) is 36.2 Å². The molecule has 0 aliphatic rings. The number of benzene rings is 2. The molecule has 1 atom stereocenters. The molecule has 0 saturated heterocycles. The highest BCUT2D eigenvalue weighted by molar-refractivity contribution is 6.02. The summed E-state index contributed by atoms with van der Waals surface area (Å²) >= 11 is 0. The number of hydrogen-bond donors (Lipinski definition) is 2. The number of methoxy groups -OCH3 is 1. The molecule has 0 fully saturated rings. The van der Waals surface area contributed by atoms with E-state index in [0.29, 0.717) is 12.1 Å². The van der Waals surface area contributed by atoms with Crippen LogP contribution in [0.15, 0.2) is 54.6 Å². The molecule has 26 heavy (non-hydrogen) atoms. The van der Waals surface area contributed by atoms with Crippen LogP contribution in [0.4, 0.5) is 0 Å². The Labute approximate surface area is 154 Å². The minimum Gasteiger partial charge on any atom is -0.497 e. The molecular formula is C20H26N2O4. The van der Waals surface area contributed by atoms with Crippen LogP contribution in [0.2, 0.25) is 0 Å². The number of hydrogen-bond acceptors (Lipinski definition) is 4. The molecule has 1 unspecified atom stereocenters. The lowest BCUT2D eigenvalue weighted by Crippen LogP contribution is -2.32. The molecule has 0 aliphatic heterocycles. The summed E-state index contributed by atoms with van der Waals surface area (Å²) in [6, 6.07) is 16.5. The highest BCUT2D eigenvalue weighted by atomic mass is 16.5. The van der Waals surface area contributed by atoms with Crippen LogP contribution < -0.4 is 10.5 Å². The smallest absolute Gasteiger partial charge is 0.320 e. The predicted octanol–water partition coefficient (Wildman–Crippen LogP) is 2.14. The Bertz CT molecular complexity index is 702. The largest absolute Gasteiger partial charge is 0.497 e. The number of carboxylic acid groups (broad SMARTS) is 1. The Morgan fingerprint density at radius 1 is 1.12 bits per heavy atom. The fraction of sp³-hybridized carbons (Fsp3) is 0.300. The highest BCUT2D eigenvalue weighted by Crippen LogP contribution is 2.17. The van der Waals surface area contributed by atoms with E-state index in [9.17, 15) is 9.59 Å². The first-order valence-electron chi connectivity index (χ1n) is 8.22. The standard InChI is InChI=1S/C11H13NO3.C9H13NO/c1-12(2)10(13)9(11(14)15)8-6-4-3-5-7-8;1-11-9-4-2-3-8(7-9)5-6-10/h3-7,9H,1-2H3,(H,14,15);2-4,7H,5-6,10H2,1H3. The average Bonchev–Trinajstić information content (AvgIpc) is 2.63. The van der Waals surface area contributed by atoms with Gasteiger partial charge in [-0.1, -0.05) is 42.5 Å². The van der Waals surface area contributed by atoms with Gasteiger partial charge in [0.15, 0.2) is 5.92 Å². The fourth-order valence-corrected chi connectivity index (χ4v) is 2.29. The summed E-state index contributed by atoms with van der Waals surface area (Å²) in [5, 5.41) is 9.00. The number of ether oxygens (including phenoxy) is 1. The summed E-state index contributed by atoms with van der Waals surface area (Å²) in [4.78, 5) is 23.9. The third-order valence-corrected chi connectivity index (χ3v) is 3.63. The molecule has 0 bridgehead atoms. The van der Waals surface area contributed by atoms with Crippen molar-refractivity contribution < 1.29 is 19.4 Å². The predicted molar refractivity (Wildman–Crippen MR) is 101 cm³/mol. The van der Waals surface area contributed by atoms with Crippen molar-refractivity contribution in [3.8, 4) is 5.75 Å². The van der Waals surface area contributed by atoms with Crippen LogP contribution in [0.25, 0.3) is 0 Å². The summed E-state index contributed by atoms with van der Waals surface area (Å²) in [6.07, 6.45) is 0.914. The third-order valence-electron chi connectivity index (χ3n) is 3.63. The van der Waals surface area contributed by atoms with E-state index < -0.39 is 17.8 Å². The van der Waals surface area contributed by atoms with Crippen molar-refractivity contribution in [2.24, 2.45) is 5.73 Å². The van der Waals surface area contributed by atoms with E-state index in [-0.39, 0.29) is 0 Å². The van der Waals surface area contributed by atoms with Crippen LogP contribution in [0.3, 0.4) is 0 Å². The summed E-state index contributed by atoms with van der Waals surface area (Å²) in [6.45, 7) is 0.688. The number of amides is 1. The van der Waals surface area contributed by atoms with E-state index >= 15 is 0 Å². The number of nitrogens with zero attached hydrogens (tertiary/aromatic N) is 1. The van der Waals surface area contributed by atoms with Crippen molar-refractivity contribution in [3.05, 3.63) is 65.7 Å². The van der Waals surface area contributed by atoms with Crippen molar-refractivity contribution >= 4 is 11.9 Å². The molecule has 2 aromatic rings. The van der Waals surface area contributed by atoms with Gasteiger partial charge in [0, 0.05) is 14.1 Å². The Morgan fingerprint density at radius 2 is 1.77 bits per heavy atom. The van der Waals surface area contributed by atoms with Crippen LogP contribution in [0.1, 0.15) is 17.0 Å². The summed E-state index contributed by atoms with van der Waals surface area (Å²) in [7, 11) is 4.75. The maximum atomic E-state index is 11.6. The lowest BCUT2D eigenvalue weighted by molar-refractivity contribution is -0.145. The minimum absolute atomic E-state index is 0.422. The number of rotatable bonds is 6. The zero-order valence-electron chi connectivity index (χ0n) is 15.4. The molecule has 2 rings (SSSR count). The number of aliphatic carboxylic acids is 1. The van der Waals surface area contributed by atoms with Gasteiger partial charge in [-0.3, -0.25) is 9.59 Å². The van der Waals surface area contributed by atoms with Gasteiger partial charge in [-0.2, -0.15) is 0 Å². The van der Waals surface area contributed by atoms with E-state index in [1.807, 2.05) is 18.2 Å². The van der Waals surface area contributed by atoms with E-state index in [2.05, 4.69) is 6.07 Å². The lowest BCUT2D eigenvalue weighted by Gasteiger charge is -2.17. The first kappa shape index (κ1) is 21.2. The van der Waals surface area contributed by atoms with Crippen molar-refractivity contribution in [2.45, 2.75) is 12.3 Å². The maximum Gasteiger partial charge on any atom is 0.320 e. The second kappa shape index (κ2) is 10.9. The molecule has 0 aromatic heterocycles. The molecule has 0 aliphatic carbocycles. The first-order valence-corrected chi connectivity index (χ1v) is 8.22. The minimum atomic E-state index is -1.13. The van der Waals surface area contributed by atoms with E-state index in [1.54, 1.807) is 51.5 Å². The Balaban J connectivity index is 0.000000273. The molecule has 0 radical (unpaired) electrons. The molecule has 1 amide bonds.